The molecule has 64 valence electrons. The molecule has 0 aliphatic carbocycles. The van der Waals surface area contributed by atoms with Crippen LogP contribution < -0.4 is 4.65 Å². The van der Waals surface area contributed by atoms with E-state index in [1.807, 2.05) is 4.57 Å². The number of nitrogens with zero attached hydrogens (tertiary/aromatic N) is 2. The van der Waals surface area contributed by atoms with Gasteiger partial charge in [0.15, 0.2) is 5.88 Å². The largest absolute Gasteiger partial charge is 0.708 e. The van der Waals surface area contributed by atoms with E-state index in [0.29, 0.717) is 5.88 Å². The molecule has 1 aromatic rings. The summed E-state index contributed by atoms with van der Waals surface area (Å²) in [5.74, 6) is 1.38. The van der Waals surface area contributed by atoms with Crippen LogP contribution in [0.5, 0.6) is 5.88 Å². The second kappa shape index (κ2) is 2.80. The number of aryl methyl sites for hydroxylation is 1. The van der Waals surface area contributed by atoms with Crippen LogP contribution in [-0.4, -0.2) is 26.9 Å². The molecule has 2 rings (SSSR count). The lowest BCUT2D eigenvalue weighted by molar-refractivity contribution is 0.277. The standard InChI is InChI=1S/C6H9BN2O3/c10-7(11)12-6-4-8-5-2-1-3-9(5)6/h4,10-11H,1-3H2. The van der Waals surface area contributed by atoms with Gasteiger partial charge in [-0.2, -0.15) is 0 Å². The van der Waals surface area contributed by atoms with Crippen molar-refractivity contribution in [1.82, 2.24) is 9.55 Å². The van der Waals surface area contributed by atoms with Crippen LogP contribution in [0.2, 0.25) is 0 Å². The maximum atomic E-state index is 8.55. The van der Waals surface area contributed by atoms with Gasteiger partial charge in [-0.25, -0.2) is 4.98 Å². The summed E-state index contributed by atoms with van der Waals surface area (Å²) in [5.41, 5.74) is 0. The lowest BCUT2D eigenvalue weighted by Gasteiger charge is -2.05. The lowest BCUT2D eigenvalue weighted by Crippen LogP contribution is -2.22. The van der Waals surface area contributed by atoms with Gasteiger partial charge in [0, 0.05) is 13.0 Å². The predicted molar refractivity (Wildman–Crippen MR) is 41.4 cm³/mol. The van der Waals surface area contributed by atoms with E-state index < -0.39 is 7.32 Å². The summed E-state index contributed by atoms with van der Waals surface area (Å²) < 4.78 is 6.56. The molecule has 0 fully saturated rings. The Bertz CT molecular complexity index is 286. The highest BCUT2D eigenvalue weighted by molar-refractivity contribution is 6.33. The van der Waals surface area contributed by atoms with Gasteiger partial charge in [-0.1, -0.05) is 0 Å². The third kappa shape index (κ3) is 1.19. The predicted octanol–water partition coefficient (Wildman–Crippen LogP) is -0.822. The Kier molecular flexibility index (Phi) is 1.78. The minimum absolute atomic E-state index is 0.428. The maximum Gasteiger partial charge on any atom is 0.708 e. The first-order valence-electron chi connectivity index (χ1n) is 3.84. The van der Waals surface area contributed by atoms with Crippen molar-refractivity contribution in [2.24, 2.45) is 0 Å². The third-order valence-corrected chi connectivity index (χ3v) is 1.91. The topological polar surface area (TPSA) is 67.5 Å². The molecule has 0 amide bonds. The Labute approximate surface area is 69.8 Å². The Balaban J connectivity index is 2.22. The monoisotopic (exact) mass is 168 g/mol. The molecular weight excluding hydrogens is 159 g/mol. The molecule has 12 heavy (non-hydrogen) atoms. The molecule has 5 nitrogen and oxygen atoms in total. The molecule has 0 atom stereocenters. The number of fused-ring (bicyclic) bond motifs is 1. The molecule has 0 bridgehead atoms. The van der Waals surface area contributed by atoms with Crippen LogP contribution in [0.4, 0.5) is 0 Å². The quantitative estimate of drug-likeness (QED) is 0.566. The SMILES string of the molecule is OB(O)Oc1cnc2n1CCC2. The zero-order valence-electron chi connectivity index (χ0n) is 6.47. The summed E-state index contributed by atoms with van der Waals surface area (Å²) in [5, 5.41) is 17.1. The average molecular weight is 168 g/mol. The number of aromatic nitrogens is 2. The smallest absolute Gasteiger partial charge is 0.498 e. The molecule has 0 saturated carbocycles. The minimum Gasteiger partial charge on any atom is -0.498 e. The number of rotatable bonds is 2. The molecule has 0 spiro atoms. The van der Waals surface area contributed by atoms with Gasteiger partial charge in [-0.3, -0.25) is 0 Å². The normalized spacial score (nSPS) is 14.5. The molecule has 0 saturated heterocycles. The van der Waals surface area contributed by atoms with Crippen molar-refractivity contribution in [3.8, 4) is 5.88 Å². The highest BCUT2D eigenvalue weighted by Crippen LogP contribution is 2.21. The fourth-order valence-electron chi connectivity index (χ4n) is 1.43. The summed E-state index contributed by atoms with van der Waals surface area (Å²) in [6.45, 7) is 0.845. The minimum atomic E-state index is -1.76. The number of imidazole rings is 1. The fourth-order valence-corrected chi connectivity index (χ4v) is 1.43. The molecule has 1 aliphatic heterocycles. The number of hydrogen-bond acceptors (Lipinski definition) is 4. The molecule has 1 aromatic heterocycles. The van der Waals surface area contributed by atoms with Crippen molar-refractivity contribution in [3.63, 3.8) is 0 Å². The maximum absolute atomic E-state index is 8.55. The van der Waals surface area contributed by atoms with Crippen LogP contribution in [-0.2, 0) is 13.0 Å². The van der Waals surface area contributed by atoms with Gasteiger partial charge < -0.3 is 19.3 Å². The molecule has 0 aromatic carbocycles. The average Bonchev–Trinajstić information content (AvgIpc) is 2.52. The van der Waals surface area contributed by atoms with Crippen LogP contribution in [0.1, 0.15) is 12.2 Å². The molecule has 0 unspecified atom stereocenters. The van der Waals surface area contributed by atoms with E-state index >= 15 is 0 Å². The summed E-state index contributed by atoms with van der Waals surface area (Å²) >= 11 is 0. The van der Waals surface area contributed by atoms with E-state index in [-0.39, 0.29) is 0 Å². The van der Waals surface area contributed by atoms with E-state index in [2.05, 4.69) is 4.98 Å². The van der Waals surface area contributed by atoms with Crippen LogP contribution in [0.15, 0.2) is 6.20 Å². The van der Waals surface area contributed by atoms with E-state index in [0.717, 1.165) is 25.2 Å². The number of hydrogen-bond donors (Lipinski definition) is 2. The van der Waals surface area contributed by atoms with Gasteiger partial charge in [0.1, 0.15) is 5.82 Å². The molecule has 6 heteroatoms. The highest BCUT2D eigenvalue weighted by atomic mass is 16.6. The van der Waals surface area contributed by atoms with Crippen molar-refractivity contribution in [2.75, 3.05) is 0 Å². The van der Waals surface area contributed by atoms with Gasteiger partial charge in [-0.15, -0.1) is 0 Å². The fraction of sp³-hybridized carbons (Fsp3) is 0.500. The van der Waals surface area contributed by atoms with Crippen molar-refractivity contribution in [2.45, 2.75) is 19.4 Å². The van der Waals surface area contributed by atoms with E-state index in [9.17, 15) is 0 Å². The second-order valence-electron chi connectivity index (χ2n) is 2.71. The van der Waals surface area contributed by atoms with Crippen molar-refractivity contribution in [1.29, 1.82) is 0 Å². The third-order valence-electron chi connectivity index (χ3n) is 1.91. The Morgan fingerprint density at radius 1 is 1.58 bits per heavy atom. The highest BCUT2D eigenvalue weighted by Gasteiger charge is 2.20. The molecule has 2 N–H and O–H groups in total. The first-order chi connectivity index (χ1) is 5.77. The van der Waals surface area contributed by atoms with Crippen molar-refractivity contribution >= 4 is 7.32 Å². The summed E-state index contributed by atoms with van der Waals surface area (Å²) in [6.07, 6.45) is 3.49. The Morgan fingerprint density at radius 3 is 3.17 bits per heavy atom. The summed E-state index contributed by atoms with van der Waals surface area (Å²) in [7, 11) is -1.76. The van der Waals surface area contributed by atoms with Crippen molar-refractivity contribution < 1.29 is 14.7 Å². The Morgan fingerprint density at radius 2 is 2.42 bits per heavy atom. The molecular formula is C6H9BN2O3. The molecule has 2 heterocycles. The van der Waals surface area contributed by atoms with Gasteiger partial charge in [0.05, 0.1) is 6.20 Å². The van der Waals surface area contributed by atoms with Crippen LogP contribution in [0.25, 0.3) is 0 Å². The molecule has 1 aliphatic rings. The first-order valence-corrected chi connectivity index (χ1v) is 3.84. The zero-order valence-corrected chi connectivity index (χ0v) is 6.47. The first kappa shape index (κ1) is 7.63. The van der Waals surface area contributed by atoms with Crippen LogP contribution in [0, 0.1) is 0 Å². The van der Waals surface area contributed by atoms with Gasteiger partial charge in [0.25, 0.3) is 0 Å². The lowest BCUT2D eigenvalue weighted by atomic mass is 10.3. The second-order valence-corrected chi connectivity index (χ2v) is 2.71. The van der Waals surface area contributed by atoms with Crippen LogP contribution >= 0.6 is 0 Å². The zero-order chi connectivity index (χ0) is 8.55. The summed E-state index contributed by atoms with van der Waals surface area (Å²) in [4.78, 5) is 4.07. The van der Waals surface area contributed by atoms with Gasteiger partial charge >= 0.3 is 7.32 Å². The Hall–Kier alpha value is -1.01. The summed E-state index contributed by atoms with van der Waals surface area (Å²) in [6, 6.07) is 0. The van der Waals surface area contributed by atoms with Crippen LogP contribution in [0.3, 0.4) is 0 Å². The molecule has 0 radical (unpaired) electrons. The van der Waals surface area contributed by atoms with Gasteiger partial charge in [0.2, 0.25) is 0 Å². The van der Waals surface area contributed by atoms with E-state index in [4.69, 9.17) is 14.7 Å². The van der Waals surface area contributed by atoms with Crippen molar-refractivity contribution in [3.05, 3.63) is 12.0 Å². The van der Waals surface area contributed by atoms with E-state index in [1.54, 1.807) is 0 Å². The van der Waals surface area contributed by atoms with E-state index in [1.165, 1.54) is 6.20 Å². The van der Waals surface area contributed by atoms with Gasteiger partial charge in [-0.05, 0) is 6.42 Å².